The minimum Gasteiger partial charge on any atom is -0.464 e. The number of rotatable bonds is 5. The lowest BCUT2D eigenvalue weighted by Gasteiger charge is -2.07. The van der Waals surface area contributed by atoms with Gasteiger partial charge in [0.25, 0.3) is 0 Å². The van der Waals surface area contributed by atoms with Gasteiger partial charge in [-0.05, 0) is 18.9 Å². The van der Waals surface area contributed by atoms with Crippen molar-refractivity contribution >= 4 is 28.3 Å². The van der Waals surface area contributed by atoms with Crippen molar-refractivity contribution < 1.29 is 19.1 Å². The Morgan fingerprint density at radius 3 is 3.17 bits per heavy atom. The summed E-state index contributed by atoms with van der Waals surface area (Å²) in [5.41, 5.74) is 1.81. The summed E-state index contributed by atoms with van der Waals surface area (Å²) in [5.74, 6) is -0.529. The first-order chi connectivity index (χ1) is 11.2. The Labute approximate surface area is 137 Å². The number of carbonyl (C=O) groups excluding carboxylic acids is 2. The van der Waals surface area contributed by atoms with Crippen LogP contribution in [0.5, 0.6) is 0 Å². The number of esters is 1. The summed E-state index contributed by atoms with van der Waals surface area (Å²) in [4.78, 5) is 30.6. The maximum absolute atomic E-state index is 12.0. The molecule has 7 nitrogen and oxygen atoms in total. The Kier molecular flexibility index (Phi) is 4.73. The Morgan fingerprint density at radius 1 is 1.57 bits per heavy atom. The van der Waals surface area contributed by atoms with Gasteiger partial charge in [-0.1, -0.05) is 0 Å². The van der Waals surface area contributed by atoms with E-state index in [9.17, 15) is 9.59 Å². The number of aromatic nitrogens is 2. The third-order valence-electron chi connectivity index (χ3n) is 3.57. The highest BCUT2D eigenvalue weighted by atomic mass is 32.1. The van der Waals surface area contributed by atoms with E-state index >= 15 is 0 Å². The molecule has 1 saturated heterocycles. The van der Waals surface area contributed by atoms with Crippen molar-refractivity contribution in [3.8, 4) is 11.3 Å². The van der Waals surface area contributed by atoms with Crippen LogP contribution in [0.15, 0.2) is 17.6 Å². The van der Waals surface area contributed by atoms with Crippen LogP contribution in [0.4, 0.5) is 5.13 Å². The van der Waals surface area contributed by atoms with Crippen LogP contribution in [0.2, 0.25) is 0 Å². The monoisotopic (exact) mass is 335 g/mol. The van der Waals surface area contributed by atoms with Crippen molar-refractivity contribution in [2.24, 2.45) is 0 Å². The van der Waals surface area contributed by atoms with Gasteiger partial charge in [0, 0.05) is 23.7 Å². The molecule has 3 heterocycles. The zero-order valence-electron chi connectivity index (χ0n) is 12.6. The van der Waals surface area contributed by atoms with Crippen LogP contribution in [0.1, 0.15) is 29.8 Å². The van der Waals surface area contributed by atoms with Crippen molar-refractivity contribution in [3.05, 3.63) is 23.3 Å². The second kappa shape index (κ2) is 6.93. The highest BCUT2D eigenvalue weighted by Crippen LogP contribution is 2.26. The number of hydrogen-bond acceptors (Lipinski definition) is 6. The van der Waals surface area contributed by atoms with E-state index in [2.05, 4.69) is 20.0 Å². The molecule has 0 aliphatic carbocycles. The first-order valence-corrected chi connectivity index (χ1v) is 8.18. The largest absolute Gasteiger partial charge is 0.464 e. The van der Waals surface area contributed by atoms with Gasteiger partial charge in [-0.3, -0.25) is 4.79 Å². The molecule has 8 heteroatoms. The fourth-order valence-corrected chi connectivity index (χ4v) is 3.15. The molecule has 1 amide bonds. The highest BCUT2D eigenvalue weighted by Gasteiger charge is 2.20. The molecule has 23 heavy (non-hydrogen) atoms. The predicted molar refractivity (Wildman–Crippen MR) is 85.5 cm³/mol. The summed E-state index contributed by atoms with van der Waals surface area (Å²) >= 11 is 1.34. The van der Waals surface area contributed by atoms with E-state index in [-0.39, 0.29) is 12.0 Å². The Morgan fingerprint density at radius 2 is 2.43 bits per heavy atom. The molecule has 1 aliphatic heterocycles. The number of methoxy groups -OCH3 is 1. The molecule has 2 aromatic rings. The van der Waals surface area contributed by atoms with Gasteiger partial charge in [0.15, 0.2) is 5.13 Å². The lowest BCUT2D eigenvalue weighted by Crippen LogP contribution is -2.19. The Bertz CT molecular complexity index is 703. The van der Waals surface area contributed by atoms with E-state index in [0.29, 0.717) is 22.9 Å². The van der Waals surface area contributed by atoms with Gasteiger partial charge in [-0.15, -0.1) is 11.3 Å². The van der Waals surface area contributed by atoms with Crippen LogP contribution in [-0.2, 0) is 14.3 Å². The second-order valence-electron chi connectivity index (χ2n) is 5.22. The topological polar surface area (TPSA) is 93.3 Å². The molecule has 3 rings (SSSR count). The van der Waals surface area contributed by atoms with E-state index in [1.807, 2.05) is 5.38 Å². The van der Waals surface area contributed by atoms with Gasteiger partial charge in [0.1, 0.15) is 5.69 Å². The SMILES string of the molecule is COC(=O)c1cc(-c2csc(NC(=O)CC3CCCO3)n2)c[nH]1. The molecular weight excluding hydrogens is 318 g/mol. The second-order valence-corrected chi connectivity index (χ2v) is 6.08. The third-order valence-corrected chi connectivity index (χ3v) is 4.33. The number of hydrogen-bond donors (Lipinski definition) is 2. The molecule has 0 aromatic carbocycles. The number of carbonyl (C=O) groups is 2. The number of amides is 1. The summed E-state index contributed by atoms with van der Waals surface area (Å²) in [6, 6.07) is 1.67. The molecule has 1 fully saturated rings. The van der Waals surface area contributed by atoms with Crippen molar-refractivity contribution in [1.29, 1.82) is 0 Å². The minimum absolute atomic E-state index is 0.0155. The molecule has 1 unspecified atom stereocenters. The fraction of sp³-hybridized carbons (Fsp3) is 0.400. The molecule has 0 bridgehead atoms. The summed E-state index contributed by atoms with van der Waals surface area (Å²) in [6.07, 6.45) is 3.98. The molecule has 122 valence electrons. The van der Waals surface area contributed by atoms with Crippen LogP contribution >= 0.6 is 11.3 Å². The van der Waals surface area contributed by atoms with Crippen LogP contribution in [0, 0.1) is 0 Å². The smallest absolute Gasteiger partial charge is 0.354 e. The average molecular weight is 335 g/mol. The van der Waals surface area contributed by atoms with Crippen LogP contribution in [0.25, 0.3) is 11.3 Å². The number of ether oxygens (including phenoxy) is 2. The lowest BCUT2D eigenvalue weighted by atomic mass is 10.2. The van der Waals surface area contributed by atoms with Crippen molar-refractivity contribution in [3.63, 3.8) is 0 Å². The van der Waals surface area contributed by atoms with Gasteiger partial charge >= 0.3 is 5.97 Å². The zero-order valence-corrected chi connectivity index (χ0v) is 13.4. The summed E-state index contributed by atoms with van der Waals surface area (Å²) in [6.45, 7) is 0.732. The van der Waals surface area contributed by atoms with Gasteiger partial charge in [0.2, 0.25) is 5.91 Å². The van der Waals surface area contributed by atoms with E-state index in [4.69, 9.17) is 4.74 Å². The number of nitrogens with zero attached hydrogens (tertiary/aromatic N) is 1. The first kappa shape index (κ1) is 15.7. The molecule has 0 radical (unpaired) electrons. The molecule has 2 aromatic heterocycles. The number of anilines is 1. The maximum atomic E-state index is 12.0. The van der Waals surface area contributed by atoms with E-state index in [1.54, 1.807) is 12.3 Å². The first-order valence-electron chi connectivity index (χ1n) is 7.30. The molecule has 2 N–H and O–H groups in total. The van der Waals surface area contributed by atoms with Crippen LogP contribution in [0.3, 0.4) is 0 Å². The summed E-state index contributed by atoms with van der Waals surface area (Å²) in [7, 11) is 1.33. The van der Waals surface area contributed by atoms with Gasteiger partial charge in [-0.2, -0.15) is 0 Å². The molecule has 1 atom stereocenters. The molecule has 1 aliphatic rings. The van der Waals surface area contributed by atoms with Crippen molar-refractivity contribution in [2.75, 3.05) is 19.0 Å². The Hall–Kier alpha value is -2.19. The van der Waals surface area contributed by atoms with Gasteiger partial charge < -0.3 is 19.8 Å². The number of nitrogens with one attached hydrogen (secondary N) is 2. The number of thiazole rings is 1. The third kappa shape index (κ3) is 3.77. The zero-order chi connectivity index (χ0) is 16.2. The standard InChI is InChI=1S/C15H17N3O4S/c1-21-14(20)11-5-9(7-16-11)12-8-23-15(17-12)18-13(19)6-10-3-2-4-22-10/h5,7-8,10,16H,2-4,6H2,1H3,(H,17,18,19). The van der Waals surface area contributed by atoms with Crippen LogP contribution in [-0.4, -0.2) is 41.7 Å². The summed E-state index contributed by atoms with van der Waals surface area (Å²) in [5, 5.41) is 5.14. The van der Waals surface area contributed by atoms with E-state index in [1.165, 1.54) is 18.4 Å². The summed E-state index contributed by atoms with van der Waals surface area (Å²) < 4.78 is 10.1. The average Bonchev–Trinajstić information content (AvgIpc) is 3.26. The van der Waals surface area contributed by atoms with Gasteiger partial charge in [0.05, 0.1) is 25.3 Å². The molecular formula is C15H17N3O4S. The minimum atomic E-state index is -0.434. The van der Waals surface area contributed by atoms with Gasteiger partial charge in [-0.25, -0.2) is 9.78 Å². The van der Waals surface area contributed by atoms with Crippen LogP contribution < -0.4 is 5.32 Å². The van der Waals surface area contributed by atoms with Crippen molar-refractivity contribution in [1.82, 2.24) is 9.97 Å². The normalized spacial score (nSPS) is 17.2. The highest BCUT2D eigenvalue weighted by molar-refractivity contribution is 7.14. The Balaban J connectivity index is 1.62. The number of H-pyrrole nitrogens is 1. The number of aromatic amines is 1. The van der Waals surface area contributed by atoms with E-state index in [0.717, 1.165) is 25.0 Å². The van der Waals surface area contributed by atoms with E-state index < -0.39 is 5.97 Å². The molecule has 0 saturated carbocycles. The van der Waals surface area contributed by atoms with Crippen molar-refractivity contribution in [2.45, 2.75) is 25.4 Å². The predicted octanol–water partition coefficient (Wildman–Crippen LogP) is 2.43. The lowest BCUT2D eigenvalue weighted by molar-refractivity contribution is -0.118. The quantitative estimate of drug-likeness (QED) is 0.819. The maximum Gasteiger partial charge on any atom is 0.354 e. The molecule has 0 spiro atoms. The fourth-order valence-electron chi connectivity index (χ4n) is 2.42.